The maximum atomic E-state index is 13.9. The van der Waals surface area contributed by atoms with Gasteiger partial charge in [0, 0.05) is 26.1 Å². The lowest BCUT2D eigenvalue weighted by molar-refractivity contribution is -0.121. The highest BCUT2D eigenvalue weighted by atomic mass is 16.5. The highest BCUT2D eigenvalue weighted by Crippen LogP contribution is 2.33. The molecule has 0 aliphatic carbocycles. The smallest absolute Gasteiger partial charge is 0.147 e. The molecule has 0 saturated heterocycles. The summed E-state index contributed by atoms with van der Waals surface area (Å²) in [4.78, 5) is 13.9. The van der Waals surface area contributed by atoms with Gasteiger partial charge in [-0.25, -0.2) is 0 Å². The molecule has 0 spiro atoms. The van der Waals surface area contributed by atoms with Gasteiger partial charge in [0.15, 0.2) is 0 Å². The molecule has 0 heterocycles. The molecule has 0 saturated carbocycles. The first-order chi connectivity index (χ1) is 17.8. The van der Waals surface area contributed by atoms with Crippen LogP contribution in [0.2, 0.25) is 0 Å². The fraction of sp³-hybridized carbons (Fsp3) is 0.606. The number of Topliss-reactive ketones (excluding diaryl/α,β-unsaturated/α-hetero) is 1. The Balaban J connectivity index is 2.36. The Hall–Kier alpha value is -2.05. The molecule has 2 aromatic carbocycles. The largest absolute Gasteiger partial charge is 0.382 e. The van der Waals surface area contributed by atoms with Crippen molar-refractivity contribution < 1.29 is 23.7 Å². The summed E-state index contributed by atoms with van der Waals surface area (Å²) in [5, 5.41) is 0. The molecule has 0 aromatic heterocycles. The van der Waals surface area contributed by atoms with E-state index in [0.29, 0.717) is 39.6 Å². The van der Waals surface area contributed by atoms with E-state index in [1.807, 2.05) is 13.8 Å². The predicted molar refractivity (Wildman–Crippen MR) is 155 cm³/mol. The third-order valence-corrected chi connectivity index (χ3v) is 7.02. The number of methoxy groups -OCH3 is 2. The summed E-state index contributed by atoms with van der Waals surface area (Å²) in [6.07, 6.45) is 0. The van der Waals surface area contributed by atoms with Crippen LogP contribution in [0.4, 0.5) is 0 Å². The van der Waals surface area contributed by atoms with E-state index in [1.54, 1.807) is 14.2 Å². The molecule has 0 aliphatic rings. The van der Waals surface area contributed by atoms with Gasteiger partial charge >= 0.3 is 0 Å². The molecule has 0 bridgehead atoms. The minimum Gasteiger partial charge on any atom is -0.382 e. The zero-order chi connectivity index (χ0) is 28.5. The van der Waals surface area contributed by atoms with Crippen molar-refractivity contribution in [1.82, 2.24) is 0 Å². The molecule has 38 heavy (non-hydrogen) atoms. The lowest BCUT2D eigenvalue weighted by Gasteiger charge is -2.25. The van der Waals surface area contributed by atoms with Crippen LogP contribution in [0.1, 0.15) is 101 Å². The zero-order valence-corrected chi connectivity index (χ0v) is 25.4. The molecule has 2 aromatic rings. The number of ketones is 1. The molecule has 212 valence electrons. The first-order valence-electron chi connectivity index (χ1n) is 13.7. The summed E-state index contributed by atoms with van der Waals surface area (Å²) in [6, 6.07) is 13.0. The molecule has 0 aliphatic heterocycles. The van der Waals surface area contributed by atoms with Gasteiger partial charge < -0.3 is 18.9 Å². The number of rotatable bonds is 14. The van der Waals surface area contributed by atoms with Gasteiger partial charge in [0.05, 0.1) is 39.6 Å². The van der Waals surface area contributed by atoms with E-state index in [0.717, 1.165) is 22.3 Å². The molecule has 0 amide bonds. The van der Waals surface area contributed by atoms with Crippen molar-refractivity contribution >= 4 is 5.78 Å². The Bertz CT molecular complexity index is 947. The first-order valence-corrected chi connectivity index (χ1v) is 13.7. The highest BCUT2D eigenvalue weighted by Gasteiger charge is 2.26. The van der Waals surface area contributed by atoms with E-state index in [1.165, 1.54) is 11.1 Å². The van der Waals surface area contributed by atoms with E-state index in [4.69, 9.17) is 18.9 Å². The van der Waals surface area contributed by atoms with Crippen LogP contribution >= 0.6 is 0 Å². The van der Waals surface area contributed by atoms with Gasteiger partial charge in [0.2, 0.25) is 0 Å². The Morgan fingerprint density at radius 3 is 1.32 bits per heavy atom. The second-order valence-corrected chi connectivity index (χ2v) is 12.4. The number of carbonyl (C=O) groups is 1. The Morgan fingerprint density at radius 2 is 1.00 bits per heavy atom. The molecule has 2 unspecified atom stereocenters. The number of ether oxygens (including phenoxy) is 4. The van der Waals surface area contributed by atoms with E-state index in [9.17, 15) is 4.79 Å². The summed E-state index contributed by atoms with van der Waals surface area (Å²) < 4.78 is 21.8. The summed E-state index contributed by atoms with van der Waals surface area (Å²) in [7, 11) is 3.34. The van der Waals surface area contributed by atoms with Crippen LogP contribution < -0.4 is 0 Å². The first kappa shape index (κ1) is 32.2. The average molecular weight is 527 g/mol. The topological polar surface area (TPSA) is 54.0 Å². The van der Waals surface area contributed by atoms with Gasteiger partial charge in [-0.15, -0.1) is 0 Å². The quantitative estimate of drug-likeness (QED) is 0.246. The van der Waals surface area contributed by atoms with Crippen LogP contribution in [0, 0.1) is 0 Å². The predicted octanol–water partition coefficient (Wildman–Crippen LogP) is 7.08. The summed E-state index contributed by atoms with van der Waals surface area (Å²) in [5.74, 6) is -0.283. The number of carbonyl (C=O) groups excluding carboxylic acids is 1. The lowest BCUT2D eigenvalue weighted by atomic mass is 9.79. The van der Waals surface area contributed by atoms with Gasteiger partial charge in [-0.3, -0.25) is 4.79 Å². The molecule has 2 rings (SSSR count). The SMILES string of the molecule is COCCOCc1cc(C(C)C(=O)C(C)c2cc(COCCOC)cc(C(C)(C)C)c2)cc(C(C)(C)C)c1. The third-order valence-electron chi connectivity index (χ3n) is 7.02. The van der Waals surface area contributed by atoms with Crippen LogP contribution in [0.25, 0.3) is 0 Å². The van der Waals surface area contributed by atoms with E-state index < -0.39 is 0 Å². The van der Waals surface area contributed by atoms with Crippen LogP contribution in [0.3, 0.4) is 0 Å². The Labute approximate surface area is 231 Å². The van der Waals surface area contributed by atoms with Crippen molar-refractivity contribution in [3.8, 4) is 0 Å². The van der Waals surface area contributed by atoms with E-state index in [2.05, 4.69) is 77.9 Å². The van der Waals surface area contributed by atoms with Crippen molar-refractivity contribution in [2.45, 2.75) is 91.3 Å². The maximum Gasteiger partial charge on any atom is 0.147 e. The van der Waals surface area contributed by atoms with Crippen LogP contribution in [-0.2, 0) is 47.8 Å². The van der Waals surface area contributed by atoms with Crippen molar-refractivity contribution in [2.75, 3.05) is 40.6 Å². The van der Waals surface area contributed by atoms with Crippen molar-refractivity contribution in [3.63, 3.8) is 0 Å². The highest BCUT2D eigenvalue weighted by molar-refractivity contribution is 5.91. The summed E-state index contributed by atoms with van der Waals surface area (Å²) in [6.45, 7) is 20.4. The fourth-order valence-corrected chi connectivity index (χ4v) is 4.34. The van der Waals surface area contributed by atoms with Gasteiger partial charge in [0.1, 0.15) is 5.78 Å². The van der Waals surface area contributed by atoms with Crippen LogP contribution in [0.5, 0.6) is 0 Å². The second-order valence-electron chi connectivity index (χ2n) is 12.4. The molecule has 2 atom stereocenters. The lowest BCUT2D eigenvalue weighted by Crippen LogP contribution is -2.20. The minimum absolute atomic E-state index is 0.0373. The molecule has 0 N–H and O–H groups in total. The van der Waals surface area contributed by atoms with Gasteiger partial charge in [-0.1, -0.05) is 91.8 Å². The Morgan fingerprint density at radius 1 is 0.632 bits per heavy atom. The van der Waals surface area contributed by atoms with Gasteiger partial charge in [0.25, 0.3) is 0 Å². The molecular formula is C33H50O5. The minimum atomic E-state index is -0.246. The van der Waals surface area contributed by atoms with Crippen molar-refractivity contribution in [1.29, 1.82) is 0 Å². The van der Waals surface area contributed by atoms with Gasteiger partial charge in [-0.05, 0) is 44.2 Å². The number of benzene rings is 2. The number of hydrogen-bond donors (Lipinski definition) is 0. The normalized spacial score (nSPS) is 13.9. The second kappa shape index (κ2) is 14.4. The van der Waals surface area contributed by atoms with Crippen LogP contribution in [-0.4, -0.2) is 46.4 Å². The monoisotopic (exact) mass is 526 g/mol. The molecule has 0 fully saturated rings. The zero-order valence-electron chi connectivity index (χ0n) is 25.4. The average Bonchev–Trinajstić information content (AvgIpc) is 2.86. The summed E-state index contributed by atoms with van der Waals surface area (Å²) in [5.41, 5.74) is 6.58. The molecule has 0 radical (unpaired) electrons. The Kier molecular flexibility index (Phi) is 12.2. The fourth-order valence-electron chi connectivity index (χ4n) is 4.34. The maximum absolute atomic E-state index is 13.9. The number of hydrogen-bond acceptors (Lipinski definition) is 5. The standard InChI is InChI=1S/C33H50O5/c1-23(27-15-25(21-37-13-11-35-9)17-29(19-27)32(3,4)5)31(34)24(2)28-16-26(22-38-14-12-36-10)18-30(20-28)33(6,7)8/h15-20,23-24H,11-14,21-22H2,1-10H3. The molecule has 5 heteroatoms. The van der Waals surface area contributed by atoms with Crippen molar-refractivity contribution in [3.05, 3.63) is 69.8 Å². The van der Waals surface area contributed by atoms with E-state index in [-0.39, 0.29) is 28.4 Å². The molecular weight excluding hydrogens is 476 g/mol. The third kappa shape index (κ3) is 9.60. The molecule has 5 nitrogen and oxygen atoms in total. The summed E-state index contributed by atoms with van der Waals surface area (Å²) >= 11 is 0. The van der Waals surface area contributed by atoms with E-state index >= 15 is 0 Å². The van der Waals surface area contributed by atoms with Crippen molar-refractivity contribution in [2.24, 2.45) is 0 Å². The van der Waals surface area contributed by atoms with Gasteiger partial charge in [-0.2, -0.15) is 0 Å². The van der Waals surface area contributed by atoms with Crippen LogP contribution in [0.15, 0.2) is 36.4 Å².